The maximum absolute atomic E-state index is 13.1. The van der Waals surface area contributed by atoms with Gasteiger partial charge in [0.05, 0.1) is 22.5 Å². The summed E-state index contributed by atoms with van der Waals surface area (Å²) in [6.07, 6.45) is -0.954. The number of unbranched alkanes of at least 4 members (excludes halogenated alkanes) is 1. The van der Waals surface area contributed by atoms with Crippen LogP contribution in [0.25, 0.3) is 0 Å². The quantitative estimate of drug-likeness (QED) is 0.593. The Bertz CT molecular complexity index is 993. The fraction of sp³-hybridized carbons (Fsp3) is 0.350. The Morgan fingerprint density at radius 3 is 2.30 bits per heavy atom. The molecule has 0 aliphatic carbocycles. The molecule has 0 aromatic heterocycles. The van der Waals surface area contributed by atoms with Crippen LogP contribution in [0.15, 0.2) is 42.5 Å². The number of carbonyl (C=O) groups is 1. The van der Waals surface area contributed by atoms with Gasteiger partial charge in [-0.25, -0.2) is 8.42 Å². The molecule has 5 nitrogen and oxygen atoms in total. The molecule has 1 N–H and O–H groups in total. The minimum atomic E-state index is -4.77. The average Bonchev–Trinajstić information content (AvgIpc) is 2.64. The van der Waals surface area contributed by atoms with E-state index in [0.29, 0.717) is 16.1 Å². The van der Waals surface area contributed by atoms with Crippen LogP contribution in [-0.4, -0.2) is 27.1 Å². The number of nitrogens with one attached hydrogen (secondary N) is 1. The summed E-state index contributed by atoms with van der Waals surface area (Å²) in [6, 6.07) is 9.77. The van der Waals surface area contributed by atoms with E-state index in [1.807, 2.05) is 12.1 Å². The molecule has 0 heterocycles. The Kier molecular flexibility index (Phi) is 7.76. The van der Waals surface area contributed by atoms with Crippen LogP contribution in [0.3, 0.4) is 0 Å². The van der Waals surface area contributed by atoms with E-state index in [1.54, 1.807) is 12.1 Å². The third kappa shape index (κ3) is 6.63. The third-order valence-electron chi connectivity index (χ3n) is 4.29. The first-order valence-electron chi connectivity index (χ1n) is 9.15. The number of hydrogen-bond donors (Lipinski definition) is 1. The van der Waals surface area contributed by atoms with Crippen LogP contribution in [-0.2, 0) is 27.4 Å². The van der Waals surface area contributed by atoms with E-state index in [9.17, 15) is 26.4 Å². The van der Waals surface area contributed by atoms with Crippen molar-refractivity contribution >= 4 is 38.9 Å². The molecule has 1 amide bonds. The molecule has 2 rings (SSSR count). The first kappa shape index (κ1) is 24.0. The Morgan fingerprint density at radius 1 is 1.13 bits per heavy atom. The molecule has 30 heavy (non-hydrogen) atoms. The van der Waals surface area contributed by atoms with Crippen molar-refractivity contribution in [2.24, 2.45) is 0 Å². The summed E-state index contributed by atoms with van der Waals surface area (Å²) < 4.78 is 64.2. The summed E-state index contributed by atoms with van der Waals surface area (Å²) in [4.78, 5) is 12.4. The van der Waals surface area contributed by atoms with E-state index in [0.717, 1.165) is 43.2 Å². The molecule has 0 radical (unpaired) electrons. The zero-order chi connectivity index (χ0) is 22.5. The van der Waals surface area contributed by atoms with Crippen LogP contribution in [0.2, 0.25) is 5.02 Å². The Morgan fingerprint density at radius 2 is 1.77 bits per heavy atom. The second kappa shape index (κ2) is 9.70. The number of nitrogens with zero attached hydrogens (tertiary/aromatic N) is 1. The topological polar surface area (TPSA) is 66.5 Å². The molecule has 0 saturated heterocycles. The van der Waals surface area contributed by atoms with Gasteiger partial charge in [-0.3, -0.25) is 9.10 Å². The molecule has 0 spiro atoms. The van der Waals surface area contributed by atoms with Crippen LogP contribution in [0.1, 0.15) is 30.9 Å². The molecule has 0 atom stereocenters. The Hall–Kier alpha value is -2.26. The molecule has 10 heteroatoms. The van der Waals surface area contributed by atoms with Gasteiger partial charge >= 0.3 is 6.18 Å². The van der Waals surface area contributed by atoms with Crippen molar-refractivity contribution in [1.82, 2.24) is 0 Å². The fourth-order valence-corrected chi connectivity index (χ4v) is 3.83. The standard InChI is InChI=1S/C20H22ClF3N2O3S/c1-3-4-5-14-6-8-15(9-7-14)25-19(27)13-26(30(2,28)29)16-10-11-18(21)17(12-16)20(22,23)24/h6-12H,3-5,13H2,1-2H3,(H,25,27). The first-order valence-corrected chi connectivity index (χ1v) is 11.4. The molecule has 0 unspecified atom stereocenters. The molecular formula is C20H22ClF3N2O3S. The van der Waals surface area contributed by atoms with Gasteiger partial charge in [-0.15, -0.1) is 0 Å². The number of rotatable bonds is 8. The van der Waals surface area contributed by atoms with Crippen LogP contribution in [0.5, 0.6) is 0 Å². The van der Waals surface area contributed by atoms with E-state index < -0.39 is 39.2 Å². The van der Waals surface area contributed by atoms with Crippen LogP contribution in [0, 0.1) is 0 Å². The van der Waals surface area contributed by atoms with Crippen molar-refractivity contribution in [3.05, 3.63) is 58.6 Å². The minimum absolute atomic E-state index is 0.306. The zero-order valence-electron chi connectivity index (χ0n) is 16.5. The van der Waals surface area contributed by atoms with Crippen LogP contribution >= 0.6 is 11.6 Å². The van der Waals surface area contributed by atoms with E-state index in [1.165, 1.54) is 0 Å². The van der Waals surface area contributed by atoms with Gasteiger partial charge in [-0.2, -0.15) is 13.2 Å². The number of hydrogen-bond acceptors (Lipinski definition) is 3. The number of alkyl halides is 3. The van der Waals surface area contributed by atoms with Gasteiger partial charge in [0, 0.05) is 5.69 Å². The highest BCUT2D eigenvalue weighted by molar-refractivity contribution is 7.92. The third-order valence-corrected chi connectivity index (χ3v) is 5.76. The smallest absolute Gasteiger partial charge is 0.325 e. The molecule has 0 aliphatic heterocycles. The van der Waals surface area contributed by atoms with Crippen LogP contribution in [0.4, 0.5) is 24.5 Å². The second-order valence-corrected chi connectivity index (χ2v) is 9.09. The zero-order valence-corrected chi connectivity index (χ0v) is 18.0. The lowest BCUT2D eigenvalue weighted by molar-refractivity contribution is -0.137. The van der Waals surface area contributed by atoms with Gasteiger partial charge in [0.15, 0.2) is 0 Å². The normalized spacial score (nSPS) is 11.9. The molecule has 0 bridgehead atoms. The highest BCUT2D eigenvalue weighted by Crippen LogP contribution is 2.37. The lowest BCUT2D eigenvalue weighted by Crippen LogP contribution is -2.37. The van der Waals surface area contributed by atoms with Gasteiger partial charge in [0.1, 0.15) is 6.54 Å². The summed E-state index contributed by atoms with van der Waals surface area (Å²) in [5.74, 6) is -0.690. The van der Waals surface area contributed by atoms with Gasteiger partial charge in [0.25, 0.3) is 0 Å². The summed E-state index contributed by atoms with van der Waals surface area (Å²) in [7, 11) is -4.04. The number of anilines is 2. The number of aryl methyl sites for hydroxylation is 1. The second-order valence-electron chi connectivity index (χ2n) is 6.78. The summed E-state index contributed by atoms with van der Waals surface area (Å²) in [6.45, 7) is 1.40. The maximum Gasteiger partial charge on any atom is 0.417 e. The molecule has 0 fully saturated rings. The van der Waals surface area contributed by atoms with Gasteiger partial charge in [-0.1, -0.05) is 37.1 Å². The Labute approximate surface area is 178 Å². The van der Waals surface area contributed by atoms with Crippen molar-refractivity contribution in [3.8, 4) is 0 Å². The van der Waals surface area contributed by atoms with Crippen molar-refractivity contribution in [2.75, 3.05) is 22.4 Å². The van der Waals surface area contributed by atoms with Crippen molar-refractivity contribution in [3.63, 3.8) is 0 Å². The highest BCUT2D eigenvalue weighted by Gasteiger charge is 2.34. The summed E-state index contributed by atoms with van der Waals surface area (Å²) in [5.41, 5.74) is 0.0759. The maximum atomic E-state index is 13.1. The van der Waals surface area contributed by atoms with Crippen molar-refractivity contribution < 1.29 is 26.4 Å². The summed E-state index contributed by atoms with van der Waals surface area (Å²) >= 11 is 5.59. The average molecular weight is 463 g/mol. The lowest BCUT2D eigenvalue weighted by atomic mass is 10.1. The highest BCUT2D eigenvalue weighted by atomic mass is 35.5. The SMILES string of the molecule is CCCCc1ccc(NC(=O)CN(c2ccc(Cl)c(C(F)(F)F)c2)S(C)(=O)=O)cc1. The Balaban J connectivity index is 2.21. The monoisotopic (exact) mass is 462 g/mol. The number of halogens is 4. The van der Waals surface area contributed by atoms with Crippen molar-refractivity contribution in [1.29, 1.82) is 0 Å². The predicted octanol–water partition coefficient (Wildman–Crippen LogP) is 5.11. The minimum Gasteiger partial charge on any atom is -0.325 e. The first-order chi connectivity index (χ1) is 13.9. The molecule has 0 aliphatic rings. The number of benzene rings is 2. The van der Waals surface area contributed by atoms with Crippen molar-refractivity contribution in [2.45, 2.75) is 32.4 Å². The summed E-state index contributed by atoms with van der Waals surface area (Å²) in [5, 5.41) is 2.00. The predicted molar refractivity (Wildman–Crippen MR) is 112 cm³/mol. The molecule has 2 aromatic rings. The van der Waals surface area contributed by atoms with Crippen LogP contribution < -0.4 is 9.62 Å². The van der Waals surface area contributed by atoms with E-state index >= 15 is 0 Å². The number of amides is 1. The fourth-order valence-electron chi connectivity index (χ4n) is 2.75. The molecule has 0 saturated carbocycles. The van der Waals surface area contributed by atoms with E-state index in [-0.39, 0.29) is 5.69 Å². The lowest BCUT2D eigenvalue weighted by Gasteiger charge is -2.23. The molecule has 2 aromatic carbocycles. The number of carbonyl (C=O) groups excluding carboxylic acids is 1. The van der Waals surface area contributed by atoms with E-state index in [2.05, 4.69) is 12.2 Å². The largest absolute Gasteiger partial charge is 0.417 e. The number of sulfonamides is 1. The van der Waals surface area contributed by atoms with Gasteiger partial charge in [0.2, 0.25) is 15.9 Å². The molecule has 164 valence electrons. The molecular weight excluding hydrogens is 441 g/mol. The van der Waals surface area contributed by atoms with Gasteiger partial charge in [-0.05, 0) is 48.7 Å². The van der Waals surface area contributed by atoms with E-state index in [4.69, 9.17) is 11.6 Å². The van der Waals surface area contributed by atoms with Gasteiger partial charge < -0.3 is 5.32 Å².